The van der Waals surface area contributed by atoms with Gasteiger partial charge in [0, 0.05) is 12.7 Å². The number of pyridine rings is 1. The first-order valence-corrected chi connectivity index (χ1v) is 4.29. The number of hydrogen-bond donors (Lipinski definition) is 0. The van der Waals surface area contributed by atoms with Crippen molar-refractivity contribution in [3.05, 3.63) is 28.8 Å². The number of nitrogens with zero attached hydrogens (tertiary/aromatic N) is 2. The van der Waals surface area contributed by atoms with Gasteiger partial charge in [-0.1, -0.05) is 6.92 Å². The summed E-state index contributed by atoms with van der Waals surface area (Å²) in [6.07, 6.45) is 1.74. The van der Waals surface area contributed by atoms with Crippen molar-refractivity contribution >= 4 is 0 Å². The zero-order valence-corrected chi connectivity index (χ0v) is 8.17. The Morgan fingerprint density at radius 3 is 2.86 bits per heavy atom. The van der Waals surface area contributed by atoms with E-state index < -0.39 is 5.82 Å². The Balaban J connectivity index is 3.29. The Bertz CT molecular complexity index is 371. The maximum Gasteiger partial charge on any atom is 0.148 e. The van der Waals surface area contributed by atoms with Crippen LogP contribution in [0.15, 0.2) is 6.20 Å². The molecule has 14 heavy (non-hydrogen) atoms. The van der Waals surface area contributed by atoms with Crippen LogP contribution in [0.5, 0.6) is 0 Å². The molecule has 4 heteroatoms. The van der Waals surface area contributed by atoms with Crippen molar-refractivity contribution in [2.75, 3.05) is 7.11 Å². The van der Waals surface area contributed by atoms with Crippen LogP contribution in [0.4, 0.5) is 4.39 Å². The molecule has 1 aromatic heterocycles. The summed E-state index contributed by atoms with van der Waals surface area (Å²) >= 11 is 0. The third-order valence-electron chi connectivity index (χ3n) is 1.95. The van der Waals surface area contributed by atoms with Gasteiger partial charge in [-0.05, 0) is 6.42 Å². The van der Waals surface area contributed by atoms with E-state index in [0.29, 0.717) is 23.2 Å². The topological polar surface area (TPSA) is 45.9 Å². The highest BCUT2D eigenvalue weighted by atomic mass is 19.1. The van der Waals surface area contributed by atoms with Crippen LogP contribution in [0, 0.1) is 17.1 Å². The van der Waals surface area contributed by atoms with Gasteiger partial charge in [-0.15, -0.1) is 0 Å². The Hall–Kier alpha value is -1.47. The van der Waals surface area contributed by atoms with Gasteiger partial charge in [0.2, 0.25) is 0 Å². The summed E-state index contributed by atoms with van der Waals surface area (Å²) in [5.74, 6) is -0.486. The van der Waals surface area contributed by atoms with Crippen LogP contribution < -0.4 is 0 Å². The molecular formula is C10H11FN2O. The standard InChI is InChI=1S/C10H11FN2O/c1-3-10-7(4-12)8(6-14-2)9(11)5-13-10/h5H,3,6H2,1-2H3. The summed E-state index contributed by atoms with van der Waals surface area (Å²) in [5.41, 5.74) is 1.21. The molecule has 0 aromatic carbocycles. The summed E-state index contributed by atoms with van der Waals surface area (Å²) in [4.78, 5) is 3.86. The fourth-order valence-corrected chi connectivity index (χ4v) is 1.26. The molecule has 0 saturated heterocycles. The van der Waals surface area contributed by atoms with Gasteiger partial charge in [0.05, 0.1) is 24.1 Å². The monoisotopic (exact) mass is 194 g/mol. The first-order valence-electron chi connectivity index (χ1n) is 4.29. The summed E-state index contributed by atoms with van der Waals surface area (Å²) in [5, 5.41) is 8.87. The van der Waals surface area contributed by atoms with Crippen molar-refractivity contribution in [3.8, 4) is 6.07 Å². The molecule has 3 nitrogen and oxygen atoms in total. The minimum Gasteiger partial charge on any atom is -0.380 e. The van der Waals surface area contributed by atoms with Gasteiger partial charge >= 0.3 is 0 Å². The highest BCUT2D eigenvalue weighted by Crippen LogP contribution is 2.16. The molecule has 0 spiro atoms. The van der Waals surface area contributed by atoms with Crippen molar-refractivity contribution < 1.29 is 9.13 Å². The lowest BCUT2D eigenvalue weighted by Gasteiger charge is -2.07. The van der Waals surface area contributed by atoms with Crippen molar-refractivity contribution in [2.45, 2.75) is 20.0 Å². The van der Waals surface area contributed by atoms with E-state index in [0.717, 1.165) is 6.20 Å². The molecule has 1 rings (SSSR count). The lowest BCUT2D eigenvalue weighted by atomic mass is 10.1. The quantitative estimate of drug-likeness (QED) is 0.737. The molecule has 0 amide bonds. The van der Waals surface area contributed by atoms with E-state index in [1.165, 1.54) is 7.11 Å². The molecule has 0 bridgehead atoms. The molecule has 0 aliphatic rings. The fourth-order valence-electron chi connectivity index (χ4n) is 1.26. The molecule has 0 unspecified atom stereocenters. The van der Waals surface area contributed by atoms with Crippen molar-refractivity contribution in [1.82, 2.24) is 4.98 Å². The van der Waals surface area contributed by atoms with Gasteiger partial charge in [0.15, 0.2) is 0 Å². The average molecular weight is 194 g/mol. The van der Waals surface area contributed by atoms with Gasteiger partial charge in [0.1, 0.15) is 11.9 Å². The second-order valence-electron chi connectivity index (χ2n) is 2.80. The molecule has 74 valence electrons. The first-order chi connectivity index (χ1) is 6.74. The minimum atomic E-state index is -0.486. The van der Waals surface area contributed by atoms with Gasteiger partial charge in [-0.25, -0.2) is 4.39 Å². The van der Waals surface area contributed by atoms with Gasteiger partial charge in [0.25, 0.3) is 0 Å². The van der Waals surface area contributed by atoms with Crippen molar-refractivity contribution in [1.29, 1.82) is 5.26 Å². The molecule has 0 fully saturated rings. The van der Waals surface area contributed by atoms with E-state index in [4.69, 9.17) is 10.00 Å². The number of nitriles is 1. The zero-order valence-electron chi connectivity index (χ0n) is 8.17. The van der Waals surface area contributed by atoms with Crippen LogP contribution in [-0.2, 0) is 17.8 Å². The van der Waals surface area contributed by atoms with E-state index in [-0.39, 0.29) is 6.61 Å². The summed E-state index contributed by atoms with van der Waals surface area (Å²) in [7, 11) is 1.46. The lowest BCUT2D eigenvalue weighted by molar-refractivity contribution is 0.181. The van der Waals surface area contributed by atoms with Gasteiger partial charge in [-0.2, -0.15) is 5.26 Å². The Morgan fingerprint density at radius 1 is 1.64 bits per heavy atom. The number of hydrogen-bond acceptors (Lipinski definition) is 3. The largest absolute Gasteiger partial charge is 0.380 e. The highest BCUT2D eigenvalue weighted by molar-refractivity contribution is 5.41. The molecule has 1 aromatic rings. The van der Waals surface area contributed by atoms with E-state index >= 15 is 0 Å². The third-order valence-corrected chi connectivity index (χ3v) is 1.95. The molecule has 0 radical (unpaired) electrons. The maximum atomic E-state index is 13.2. The van der Waals surface area contributed by atoms with Crippen LogP contribution >= 0.6 is 0 Å². The molecule has 0 atom stereocenters. The number of ether oxygens (including phenoxy) is 1. The summed E-state index contributed by atoms with van der Waals surface area (Å²) in [6, 6.07) is 1.96. The Labute approximate surface area is 82.1 Å². The molecule has 0 aliphatic carbocycles. The predicted octanol–water partition coefficient (Wildman–Crippen LogP) is 1.80. The number of rotatable bonds is 3. The summed E-state index contributed by atoms with van der Waals surface area (Å²) < 4.78 is 18.1. The van der Waals surface area contributed by atoms with E-state index in [1.54, 1.807) is 0 Å². The van der Waals surface area contributed by atoms with Crippen LogP contribution in [0.25, 0.3) is 0 Å². The zero-order chi connectivity index (χ0) is 10.6. The van der Waals surface area contributed by atoms with E-state index in [9.17, 15) is 4.39 Å². The third kappa shape index (κ3) is 1.88. The van der Waals surface area contributed by atoms with Crippen LogP contribution in [-0.4, -0.2) is 12.1 Å². The molecule has 0 saturated carbocycles. The van der Waals surface area contributed by atoms with Gasteiger partial charge in [-0.3, -0.25) is 4.98 Å². The SMILES string of the molecule is CCc1ncc(F)c(COC)c1C#N. The van der Waals surface area contributed by atoms with Gasteiger partial charge < -0.3 is 4.74 Å². The molecule has 0 N–H and O–H groups in total. The Kier molecular flexibility index (Phi) is 3.55. The fraction of sp³-hybridized carbons (Fsp3) is 0.400. The number of aryl methyl sites for hydroxylation is 1. The molecular weight excluding hydrogens is 183 g/mol. The smallest absolute Gasteiger partial charge is 0.148 e. The van der Waals surface area contributed by atoms with E-state index in [1.807, 2.05) is 13.0 Å². The minimum absolute atomic E-state index is 0.101. The van der Waals surface area contributed by atoms with Crippen molar-refractivity contribution in [2.24, 2.45) is 0 Å². The van der Waals surface area contributed by atoms with Crippen molar-refractivity contribution in [3.63, 3.8) is 0 Å². The number of halogens is 1. The second-order valence-corrected chi connectivity index (χ2v) is 2.80. The van der Waals surface area contributed by atoms with E-state index in [2.05, 4.69) is 4.98 Å². The average Bonchev–Trinajstić information content (AvgIpc) is 2.21. The lowest BCUT2D eigenvalue weighted by Crippen LogP contribution is -2.03. The predicted molar refractivity (Wildman–Crippen MR) is 49.0 cm³/mol. The number of aromatic nitrogens is 1. The maximum absolute atomic E-state index is 13.2. The van der Waals surface area contributed by atoms with Crippen LogP contribution in [0.1, 0.15) is 23.7 Å². The van der Waals surface area contributed by atoms with Crippen LogP contribution in [0.3, 0.4) is 0 Å². The summed E-state index contributed by atoms with van der Waals surface area (Å²) in [6.45, 7) is 1.97. The van der Waals surface area contributed by atoms with Crippen LogP contribution in [0.2, 0.25) is 0 Å². The Morgan fingerprint density at radius 2 is 2.36 bits per heavy atom. The molecule has 0 aliphatic heterocycles. The number of methoxy groups -OCH3 is 1. The normalized spacial score (nSPS) is 9.86. The highest BCUT2D eigenvalue weighted by Gasteiger charge is 2.13. The first kappa shape index (κ1) is 10.6. The molecule has 1 heterocycles. The second kappa shape index (κ2) is 4.68.